The van der Waals surface area contributed by atoms with E-state index in [-0.39, 0.29) is 22.0 Å². The second-order valence-corrected chi connectivity index (χ2v) is 4.52. The number of rotatable bonds is 2. The average molecular weight is 315 g/mol. The highest BCUT2D eigenvalue weighted by Gasteiger charge is 2.34. The molecule has 0 heterocycles. The molecule has 0 bridgehead atoms. The Kier molecular flexibility index (Phi) is 4.05. The Bertz CT molecular complexity index is 720. The molecule has 0 aliphatic carbocycles. The highest BCUT2D eigenvalue weighted by molar-refractivity contribution is 6.30. The molecule has 0 atom stereocenters. The standard InChI is InChI=1S/C14H7ClF4N2/c15-8-4-5-13(10(6-8)14(17,18)19)21-12-3-1-2-11(16)9(12)7-20/h1-6,21H. The van der Waals surface area contributed by atoms with E-state index in [1.165, 1.54) is 18.2 Å². The molecule has 0 amide bonds. The average Bonchev–Trinajstić information content (AvgIpc) is 2.40. The Morgan fingerprint density at radius 1 is 1.10 bits per heavy atom. The predicted octanol–water partition coefficient (Wildman–Crippen LogP) is 5.11. The molecule has 108 valence electrons. The van der Waals surface area contributed by atoms with Gasteiger partial charge in [-0.3, -0.25) is 0 Å². The summed E-state index contributed by atoms with van der Waals surface area (Å²) in [7, 11) is 0. The van der Waals surface area contributed by atoms with E-state index in [1.54, 1.807) is 6.07 Å². The van der Waals surface area contributed by atoms with Crippen LogP contribution in [-0.2, 0) is 6.18 Å². The van der Waals surface area contributed by atoms with Gasteiger partial charge in [0.15, 0.2) is 0 Å². The summed E-state index contributed by atoms with van der Waals surface area (Å²) in [5.41, 5.74) is -1.72. The second kappa shape index (κ2) is 5.62. The van der Waals surface area contributed by atoms with Crippen LogP contribution in [-0.4, -0.2) is 0 Å². The van der Waals surface area contributed by atoms with Gasteiger partial charge in [0.1, 0.15) is 17.4 Å². The molecule has 0 aromatic heterocycles. The summed E-state index contributed by atoms with van der Waals surface area (Å²) in [4.78, 5) is 0. The number of nitrogens with zero attached hydrogens (tertiary/aromatic N) is 1. The van der Waals surface area contributed by atoms with Gasteiger partial charge in [0.25, 0.3) is 0 Å². The van der Waals surface area contributed by atoms with Gasteiger partial charge in [0.05, 0.1) is 16.9 Å². The quantitative estimate of drug-likeness (QED) is 0.782. The lowest BCUT2D eigenvalue weighted by Crippen LogP contribution is -2.09. The number of halogens is 5. The Morgan fingerprint density at radius 3 is 2.43 bits per heavy atom. The normalized spacial score (nSPS) is 11.0. The Hall–Kier alpha value is -2.26. The highest BCUT2D eigenvalue weighted by Crippen LogP contribution is 2.38. The Labute approximate surface area is 122 Å². The third-order valence-electron chi connectivity index (χ3n) is 2.68. The van der Waals surface area contributed by atoms with Crippen LogP contribution < -0.4 is 5.32 Å². The molecule has 2 rings (SSSR count). The molecule has 1 N–H and O–H groups in total. The van der Waals surface area contributed by atoms with Crippen molar-refractivity contribution < 1.29 is 17.6 Å². The van der Waals surface area contributed by atoms with Gasteiger partial charge in [-0.05, 0) is 30.3 Å². The largest absolute Gasteiger partial charge is 0.418 e. The maximum Gasteiger partial charge on any atom is 0.418 e. The predicted molar refractivity (Wildman–Crippen MR) is 70.9 cm³/mol. The molecular weight excluding hydrogens is 308 g/mol. The van der Waals surface area contributed by atoms with E-state index >= 15 is 0 Å². The number of hydrogen-bond acceptors (Lipinski definition) is 2. The van der Waals surface area contributed by atoms with E-state index in [2.05, 4.69) is 5.32 Å². The van der Waals surface area contributed by atoms with E-state index in [9.17, 15) is 17.6 Å². The fourth-order valence-electron chi connectivity index (χ4n) is 1.75. The number of nitrogens with one attached hydrogen (secondary N) is 1. The van der Waals surface area contributed by atoms with E-state index in [4.69, 9.17) is 16.9 Å². The fraction of sp³-hybridized carbons (Fsp3) is 0.0714. The minimum absolute atomic E-state index is 0.0506. The summed E-state index contributed by atoms with van der Waals surface area (Å²) in [6, 6.07) is 8.42. The van der Waals surface area contributed by atoms with Crippen molar-refractivity contribution in [1.29, 1.82) is 5.26 Å². The molecule has 0 aliphatic heterocycles. The van der Waals surface area contributed by atoms with Crippen LogP contribution >= 0.6 is 11.6 Å². The summed E-state index contributed by atoms with van der Waals surface area (Å²) in [5, 5.41) is 11.2. The minimum Gasteiger partial charge on any atom is -0.354 e. The van der Waals surface area contributed by atoms with E-state index < -0.39 is 17.6 Å². The smallest absolute Gasteiger partial charge is 0.354 e. The molecule has 2 aromatic carbocycles. The maximum absolute atomic E-state index is 13.4. The van der Waals surface area contributed by atoms with Crippen LogP contribution in [0.15, 0.2) is 36.4 Å². The maximum atomic E-state index is 13.4. The zero-order valence-corrected chi connectivity index (χ0v) is 11.1. The number of anilines is 2. The fourth-order valence-corrected chi connectivity index (χ4v) is 1.92. The van der Waals surface area contributed by atoms with Gasteiger partial charge in [0.2, 0.25) is 0 Å². The van der Waals surface area contributed by atoms with Gasteiger partial charge in [-0.15, -0.1) is 0 Å². The van der Waals surface area contributed by atoms with Crippen molar-refractivity contribution in [3.63, 3.8) is 0 Å². The molecule has 0 unspecified atom stereocenters. The molecule has 0 saturated heterocycles. The summed E-state index contributed by atoms with van der Waals surface area (Å²) in [6.07, 6.45) is -4.63. The summed E-state index contributed by atoms with van der Waals surface area (Å²) in [6.45, 7) is 0. The second-order valence-electron chi connectivity index (χ2n) is 4.09. The molecule has 2 aromatic rings. The molecule has 0 spiro atoms. The van der Waals surface area contributed by atoms with Crippen LogP contribution in [0, 0.1) is 17.1 Å². The van der Waals surface area contributed by atoms with Crippen molar-refractivity contribution in [3.8, 4) is 6.07 Å². The van der Waals surface area contributed by atoms with Crippen LogP contribution in [0.4, 0.5) is 28.9 Å². The van der Waals surface area contributed by atoms with Crippen molar-refractivity contribution in [2.45, 2.75) is 6.18 Å². The third kappa shape index (κ3) is 3.26. The number of benzene rings is 2. The molecule has 0 radical (unpaired) electrons. The first-order valence-corrected chi connectivity index (χ1v) is 6.03. The molecule has 21 heavy (non-hydrogen) atoms. The van der Waals surface area contributed by atoms with Gasteiger partial charge in [-0.25, -0.2) is 4.39 Å². The van der Waals surface area contributed by atoms with Crippen molar-refractivity contribution in [1.82, 2.24) is 0 Å². The van der Waals surface area contributed by atoms with Gasteiger partial charge >= 0.3 is 6.18 Å². The van der Waals surface area contributed by atoms with E-state index in [1.807, 2.05) is 0 Å². The molecule has 2 nitrogen and oxygen atoms in total. The number of nitriles is 1. The lowest BCUT2D eigenvalue weighted by molar-refractivity contribution is -0.136. The van der Waals surface area contributed by atoms with Gasteiger partial charge in [0, 0.05) is 5.02 Å². The Balaban J connectivity index is 2.51. The van der Waals surface area contributed by atoms with E-state index in [0.717, 1.165) is 18.2 Å². The van der Waals surface area contributed by atoms with Gasteiger partial charge in [-0.1, -0.05) is 17.7 Å². The highest BCUT2D eigenvalue weighted by atomic mass is 35.5. The van der Waals surface area contributed by atoms with Crippen LogP contribution in [0.5, 0.6) is 0 Å². The van der Waals surface area contributed by atoms with Crippen LogP contribution in [0.3, 0.4) is 0 Å². The zero-order chi connectivity index (χ0) is 15.6. The summed E-state index contributed by atoms with van der Waals surface area (Å²) >= 11 is 5.57. The summed E-state index contributed by atoms with van der Waals surface area (Å²) < 4.78 is 52.3. The van der Waals surface area contributed by atoms with Crippen LogP contribution in [0.25, 0.3) is 0 Å². The molecule has 0 aliphatic rings. The van der Waals surface area contributed by atoms with Crippen molar-refractivity contribution in [2.24, 2.45) is 0 Å². The summed E-state index contributed by atoms with van der Waals surface area (Å²) in [5.74, 6) is -0.815. The first-order chi connectivity index (χ1) is 9.82. The zero-order valence-electron chi connectivity index (χ0n) is 10.3. The first kappa shape index (κ1) is 15.1. The SMILES string of the molecule is N#Cc1c(F)cccc1Nc1ccc(Cl)cc1C(F)(F)F. The van der Waals surface area contributed by atoms with Gasteiger partial charge in [-0.2, -0.15) is 18.4 Å². The Morgan fingerprint density at radius 2 is 1.81 bits per heavy atom. The lowest BCUT2D eigenvalue weighted by Gasteiger charge is -2.15. The monoisotopic (exact) mass is 314 g/mol. The number of alkyl halides is 3. The topological polar surface area (TPSA) is 35.8 Å². The molecule has 0 saturated carbocycles. The van der Waals surface area contributed by atoms with Crippen molar-refractivity contribution >= 4 is 23.0 Å². The van der Waals surface area contributed by atoms with Crippen LogP contribution in [0.2, 0.25) is 5.02 Å². The first-order valence-electron chi connectivity index (χ1n) is 5.65. The number of hydrogen-bond donors (Lipinski definition) is 1. The van der Waals surface area contributed by atoms with E-state index in [0.29, 0.717) is 0 Å². The van der Waals surface area contributed by atoms with Crippen molar-refractivity contribution in [3.05, 3.63) is 58.4 Å². The van der Waals surface area contributed by atoms with Gasteiger partial charge < -0.3 is 5.32 Å². The van der Waals surface area contributed by atoms with Crippen molar-refractivity contribution in [2.75, 3.05) is 5.32 Å². The molecule has 0 fully saturated rings. The molecule has 7 heteroatoms. The minimum atomic E-state index is -4.63. The van der Waals surface area contributed by atoms with Crippen LogP contribution in [0.1, 0.15) is 11.1 Å². The lowest BCUT2D eigenvalue weighted by atomic mass is 10.1. The molecular formula is C14H7ClF4N2. The third-order valence-corrected chi connectivity index (χ3v) is 2.92.